The van der Waals surface area contributed by atoms with Crippen LogP contribution < -0.4 is 5.32 Å². The predicted molar refractivity (Wildman–Crippen MR) is 82.1 cm³/mol. The molecule has 1 N–H and O–H groups in total. The highest BCUT2D eigenvalue weighted by molar-refractivity contribution is 8.00. The van der Waals surface area contributed by atoms with Crippen LogP contribution in [-0.4, -0.2) is 62.4 Å². The molecule has 0 saturated carbocycles. The molecule has 1 saturated heterocycles. The topological polar surface area (TPSA) is 75.9 Å². The molecule has 1 aromatic rings. The van der Waals surface area contributed by atoms with Gasteiger partial charge in [-0.25, -0.2) is 4.68 Å². The maximum atomic E-state index is 12.4. The summed E-state index contributed by atoms with van der Waals surface area (Å²) in [7, 11) is 0. The van der Waals surface area contributed by atoms with Crippen molar-refractivity contribution >= 4 is 17.7 Å². The van der Waals surface area contributed by atoms with Gasteiger partial charge in [-0.3, -0.25) is 4.79 Å². The number of likely N-dealkylation sites (N-methyl/N-ethyl adjacent to an activating group) is 1. The van der Waals surface area contributed by atoms with Crippen LogP contribution >= 0.6 is 11.8 Å². The summed E-state index contributed by atoms with van der Waals surface area (Å²) < 4.78 is 1.76. The minimum atomic E-state index is -0.146. The van der Waals surface area contributed by atoms with Gasteiger partial charge in [-0.05, 0) is 43.2 Å². The maximum absolute atomic E-state index is 12.4. The van der Waals surface area contributed by atoms with Crippen molar-refractivity contribution in [2.24, 2.45) is 0 Å². The molecule has 21 heavy (non-hydrogen) atoms. The highest BCUT2D eigenvalue weighted by atomic mass is 32.2. The van der Waals surface area contributed by atoms with Gasteiger partial charge in [0.25, 0.3) is 0 Å². The fourth-order valence-corrected chi connectivity index (χ4v) is 3.26. The van der Waals surface area contributed by atoms with Crippen LogP contribution in [-0.2, 0) is 11.3 Å². The molecule has 2 heterocycles. The third-order valence-corrected chi connectivity index (χ3v) is 4.61. The summed E-state index contributed by atoms with van der Waals surface area (Å²) in [4.78, 5) is 14.4. The molecule has 1 amide bonds. The molecule has 8 heteroatoms. The summed E-state index contributed by atoms with van der Waals surface area (Å²) >= 11 is 1.44. The molecule has 1 aliphatic rings. The van der Waals surface area contributed by atoms with Crippen LogP contribution in [0.15, 0.2) is 5.16 Å². The molecular formula is C13H24N6OS. The van der Waals surface area contributed by atoms with E-state index in [0.717, 1.165) is 39.0 Å². The Morgan fingerprint density at radius 2 is 2.14 bits per heavy atom. The first-order valence-electron chi connectivity index (χ1n) is 7.64. The largest absolute Gasteiger partial charge is 0.342 e. The lowest BCUT2D eigenvalue weighted by Crippen LogP contribution is -2.40. The Bertz CT molecular complexity index is 446. The molecule has 1 unspecified atom stereocenters. The quantitative estimate of drug-likeness (QED) is 0.592. The number of piperidine rings is 1. The van der Waals surface area contributed by atoms with Gasteiger partial charge in [-0.1, -0.05) is 18.7 Å². The summed E-state index contributed by atoms with van der Waals surface area (Å²) in [5.74, 6) is 0.195. The predicted octanol–water partition coefficient (Wildman–Crippen LogP) is 0.776. The average Bonchev–Trinajstić information content (AvgIpc) is 2.95. The van der Waals surface area contributed by atoms with E-state index in [-0.39, 0.29) is 11.2 Å². The van der Waals surface area contributed by atoms with Crippen molar-refractivity contribution in [2.75, 3.05) is 26.2 Å². The van der Waals surface area contributed by atoms with Crippen molar-refractivity contribution < 1.29 is 4.79 Å². The molecule has 0 aliphatic carbocycles. The van der Waals surface area contributed by atoms with Crippen LogP contribution in [0, 0.1) is 0 Å². The van der Waals surface area contributed by atoms with Crippen molar-refractivity contribution in [2.45, 2.75) is 50.1 Å². The SMILES string of the molecule is CCNCCn1nnnc1SC(C)C(=O)N1CCCCC1. The van der Waals surface area contributed by atoms with Crippen molar-refractivity contribution in [1.82, 2.24) is 30.4 Å². The van der Waals surface area contributed by atoms with Crippen molar-refractivity contribution in [1.29, 1.82) is 0 Å². The second kappa shape index (κ2) is 8.33. The van der Waals surface area contributed by atoms with Gasteiger partial charge in [0.1, 0.15) is 0 Å². The number of nitrogens with one attached hydrogen (secondary N) is 1. The fraction of sp³-hybridized carbons (Fsp3) is 0.846. The number of rotatable bonds is 7. The van der Waals surface area contributed by atoms with Gasteiger partial charge >= 0.3 is 0 Å². The molecule has 0 spiro atoms. The van der Waals surface area contributed by atoms with E-state index < -0.39 is 0 Å². The highest BCUT2D eigenvalue weighted by Crippen LogP contribution is 2.23. The lowest BCUT2D eigenvalue weighted by Gasteiger charge is -2.28. The Labute approximate surface area is 129 Å². The molecule has 0 radical (unpaired) electrons. The van der Waals surface area contributed by atoms with Crippen molar-refractivity contribution in [3.8, 4) is 0 Å². The second-order valence-electron chi connectivity index (χ2n) is 5.18. The monoisotopic (exact) mass is 312 g/mol. The number of nitrogens with zero attached hydrogens (tertiary/aromatic N) is 5. The maximum Gasteiger partial charge on any atom is 0.235 e. The van der Waals surface area contributed by atoms with E-state index in [9.17, 15) is 4.79 Å². The van der Waals surface area contributed by atoms with Crippen molar-refractivity contribution in [3.63, 3.8) is 0 Å². The summed E-state index contributed by atoms with van der Waals surface area (Å²) in [6.07, 6.45) is 3.46. The first-order chi connectivity index (χ1) is 10.2. The van der Waals surface area contributed by atoms with Gasteiger partial charge in [0.05, 0.1) is 11.8 Å². The minimum absolute atomic E-state index is 0.146. The molecule has 118 valence electrons. The Hall–Kier alpha value is -1.15. The molecule has 0 bridgehead atoms. The molecule has 1 aliphatic heterocycles. The van der Waals surface area contributed by atoms with Crippen LogP contribution in [0.25, 0.3) is 0 Å². The van der Waals surface area contributed by atoms with Gasteiger partial charge in [0, 0.05) is 19.6 Å². The van der Waals surface area contributed by atoms with E-state index in [4.69, 9.17) is 0 Å². The lowest BCUT2D eigenvalue weighted by molar-refractivity contribution is -0.131. The van der Waals surface area contributed by atoms with Crippen LogP contribution in [0.2, 0.25) is 0 Å². The average molecular weight is 312 g/mol. The number of thioether (sulfide) groups is 1. The van der Waals surface area contributed by atoms with Gasteiger partial charge in [0.15, 0.2) is 0 Å². The van der Waals surface area contributed by atoms with Gasteiger partial charge in [0.2, 0.25) is 11.1 Å². The number of likely N-dealkylation sites (tertiary alicyclic amines) is 1. The minimum Gasteiger partial charge on any atom is -0.342 e. The zero-order chi connectivity index (χ0) is 15.1. The lowest BCUT2D eigenvalue weighted by atomic mass is 10.1. The molecule has 7 nitrogen and oxygen atoms in total. The Balaban J connectivity index is 1.88. The first kappa shape index (κ1) is 16.2. The smallest absolute Gasteiger partial charge is 0.235 e. The standard InChI is InChI=1S/C13H24N6OS/c1-3-14-7-10-19-13(15-16-17-19)21-11(2)12(20)18-8-5-4-6-9-18/h11,14H,3-10H2,1-2H3. The molecule has 1 fully saturated rings. The highest BCUT2D eigenvalue weighted by Gasteiger charge is 2.24. The van der Waals surface area contributed by atoms with Crippen LogP contribution in [0.4, 0.5) is 0 Å². The normalized spacial score (nSPS) is 17.0. The van der Waals surface area contributed by atoms with E-state index in [0.29, 0.717) is 11.7 Å². The number of amides is 1. The summed E-state index contributed by atoms with van der Waals surface area (Å²) in [5, 5.41) is 15.5. The zero-order valence-corrected chi connectivity index (χ0v) is 13.6. The van der Waals surface area contributed by atoms with E-state index in [2.05, 4.69) is 27.8 Å². The van der Waals surface area contributed by atoms with E-state index in [1.54, 1.807) is 4.68 Å². The summed E-state index contributed by atoms with van der Waals surface area (Å²) in [6.45, 7) is 8.23. The van der Waals surface area contributed by atoms with Crippen molar-refractivity contribution in [3.05, 3.63) is 0 Å². The summed E-state index contributed by atoms with van der Waals surface area (Å²) in [5.41, 5.74) is 0. The summed E-state index contributed by atoms with van der Waals surface area (Å²) in [6, 6.07) is 0. The van der Waals surface area contributed by atoms with Crippen LogP contribution in [0.1, 0.15) is 33.1 Å². The third-order valence-electron chi connectivity index (χ3n) is 3.55. The van der Waals surface area contributed by atoms with E-state index in [1.165, 1.54) is 18.2 Å². The van der Waals surface area contributed by atoms with Gasteiger partial charge < -0.3 is 10.2 Å². The molecule has 1 atom stereocenters. The number of carbonyl (C=O) groups is 1. The molecule has 0 aromatic carbocycles. The Morgan fingerprint density at radius 1 is 1.38 bits per heavy atom. The van der Waals surface area contributed by atoms with Crippen LogP contribution in [0.3, 0.4) is 0 Å². The van der Waals surface area contributed by atoms with E-state index >= 15 is 0 Å². The Morgan fingerprint density at radius 3 is 2.86 bits per heavy atom. The zero-order valence-electron chi connectivity index (χ0n) is 12.8. The molecule has 1 aromatic heterocycles. The first-order valence-corrected chi connectivity index (χ1v) is 8.52. The Kier molecular flexibility index (Phi) is 6.44. The van der Waals surface area contributed by atoms with Gasteiger partial charge in [-0.2, -0.15) is 0 Å². The second-order valence-corrected chi connectivity index (χ2v) is 6.49. The number of aromatic nitrogens is 4. The number of tetrazole rings is 1. The van der Waals surface area contributed by atoms with E-state index in [1.807, 2.05) is 11.8 Å². The third kappa shape index (κ3) is 4.67. The van der Waals surface area contributed by atoms with Gasteiger partial charge in [-0.15, -0.1) is 5.10 Å². The number of carbonyl (C=O) groups excluding carboxylic acids is 1. The number of hydrogen-bond donors (Lipinski definition) is 1. The van der Waals surface area contributed by atoms with Crippen LogP contribution in [0.5, 0.6) is 0 Å². The fourth-order valence-electron chi connectivity index (χ4n) is 2.36. The molecular weight excluding hydrogens is 288 g/mol. The number of hydrogen-bond acceptors (Lipinski definition) is 6. The molecule has 2 rings (SSSR count).